The minimum absolute atomic E-state index is 0.00764. The second kappa shape index (κ2) is 9.66. The number of amides is 2. The largest absolute Gasteiger partial charge is 0.496 e. The van der Waals surface area contributed by atoms with Crippen LogP contribution in [0.4, 0.5) is 4.79 Å². The highest BCUT2D eigenvalue weighted by molar-refractivity contribution is 5.75. The van der Waals surface area contributed by atoms with Crippen molar-refractivity contribution < 1.29 is 14.6 Å². The van der Waals surface area contributed by atoms with Crippen molar-refractivity contribution in [2.75, 3.05) is 20.3 Å². The first-order valence-electron chi connectivity index (χ1n) is 9.36. The number of aliphatic hydroxyl groups is 1. The van der Waals surface area contributed by atoms with E-state index >= 15 is 0 Å². The highest BCUT2D eigenvalue weighted by atomic mass is 16.5. The van der Waals surface area contributed by atoms with E-state index < -0.39 is 0 Å². The Morgan fingerprint density at radius 2 is 2.12 bits per heavy atom. The van der Waals surface area contributed by atoms with E-state index in [0.29, 0.717) is 12.3 Å². The number of nitrogens with zero attached hydrogens (tertiary/aromatic N) is 1. The van der Waals surface area contributed by atoms with E-state index in [4.69, 9.17) is 4.74 Å². The molecule has 2 atom stereocenters. The van der Waals surface area contributed by atoms with Gasteiger partial charge in [0.25, 0.3) is 0 Å². The van der Waals surface area contributed by atoms with Crippen LogP contribution in [0.2, 0.25) is 0 Å². The maximum atomic E-state index is 12.8. The molecule has 5 nitrogen and oxygen atoms in total. The molecule has 25 heavy (non-hydrogen) atoms. The number of rotatable bonds is 7. The van der Waals surface area contributed by atoms with Crippen LogP contribution in [0.15, 0.2) is 24.3 Å². The number of urea groups is 1. The lowest BCUT2D eigenvalue weighted by molar-refractivity contribution is 0.127. The van der Waals surface area contributed by atoms with Gasteiger partial charge in [0.05, 0.1) is 7.11 Å². The summed E-state index contributed by atoms with van der Waals surface area (Å²) in [5.74, 6) is 1.17. The number of piperidine rings is 1. The SMILES string of the molecule is COc1ccccc1CC(NC(=O)N1CCCCC1CCO)C(C)C. The number of carbonyl (C=O) groups excluding carboxylic acids is 1. The van der Waals surface area contributed by atoms with E-state index in [1.165, 1.54) is 0 Å². The second-order valence-corrected chi connectivity index (χ2v) is 7.17. The standard InChI is InChI=1S/C20H32N2O3/c1-15(2)18(14-16-8-4-5-10-19(16)25-3)21-20(24)22-12-7-6-9-17(22)11-13-23/h4-5,8,10,15,17-18,23H,6-7,9,11-14H2,1-3H3,(H,21,24). The zero-order chi connectivity index (χ0) is 18.2. The van der Waals surface area contributed by atoms with Gasteiger partial charge in [0.1, 0.15) is 5.75 Å². The Hall–Kier alpha value is -1.75. The van der Waals surface area contributed by atoms with E-state index in [-0.39, 0.29) is 24.7 Å². The van der Waals surface area contributed by atoms with Gasteiger partial charge in [0.2, 0.25) is 0 Å². The Morgan fingerprint density at radius 1 is 1.36 bits per heavy atom. The predicted octanol–water partition coefficient (Wildman–Crippen LogP) is 3.21. The summed E-state index contributed by atoms with van der Waals surface area (Å²) in [6.45, 7) is 5.16. The highest BCUT2D eigenvalue weighted by Crippen LogP contribution is 2.23. The first-order valence-corrected chi connectivity index (χ1v) is 9.36. The molecule has 1 aliphatic rings. The Morgan fingerprint density at radius 3 is 2.80 bits per heavy atom. The summed E-state index contributed by atoms with van der Waals surface area (Å²) in [5.41, 5.74) is 1.11. The first-order chi connectivity index (χ1) is 12.1. The molecular weight excluding hydrogens is 316 g/mol. The van der Waals surface area contributed by atoms with Crippen molar-refractivity contribution in [2.24, 2.45) is 5.92 Å². The molecule has 1 fully saturated rings. The van der Waals surface area contributed by atoms with Crippen molar-refractivity contribution >= 4 is 6.03 Å². The van der Waals surface area contributed by atoms with Gasteiger partial charge in [0, 0.05) is 25.2 Å². The molecule has 1 heterocycles. The molecule has 0 aliphatic carbocycles. The number of hydrogen-bond acceptors (Lipinski definition) is 3. The molecule has 0 bridgehead atoms. The van der Waals surface area contributed by atoms with Gasteiger partial charge < -0.3 is 20.1 Å². The van der Waals surface area contributed by atoms with Crippen LogP contribution in [-0.4, -0.2) is 48.4 Å². The van der Waals surface area contributed by atoms with Crippen molar-refractivity contribution in [1.29, 1.82) is 0 Å². The molecule has 1 saturated heterocycles. The monoisotopic (exact) mass is 348 g/mol. The summed E-state index contributed by atoms with van der Waals surface area (Å²) in [6, 6.07) is 8.15. The van der Waals surface area contributed by atoms with Crippen LogP contribution in [0, 0.1) is 5.92 Å². The maximum Gasteiger partial charge on any atom is 0.317 e. The van der Waals surface area contributed by atoms with Crippen LogP contribution in [0.3, 0.4) is 0 Å². The third-order valence-corrected chi connectivity index (χ3v) is 5.10. The molecule has 1 aromatic rings. The van der Waals surface area contributed by atoms with Crippen LogP contribution in [0.5, 0.6) is 5.75 Å². The lowest BCUT2D eigenvalue weighted by Crippen LogP contribution is -2.53. The fourth-order valence-corrected chi connectivity index (χ4v) is 3.52. The third-order valence-electron chi connectivity index (χ3n) is 5.10. The van der Waals surface area contributed by atoms with Crippen LogP contribution >= 0.6 is 0 Å². The minimum atomic E-state index is -0.00764. The molecule has 5 heteroatoms. The van der Waals surface area contributed by atoms with Crippen molar-refractivity contribution in [3.05, 3.63) is 29.8 Å². The van der Waals surface area contributed by atoms with Crippen LogP contribution in [-0.2, 0) is 6.42 Å². The van der Waals surface area contributed by atoms with Crippen molar-refractivity contribution in [3.63, 3.8) is 0 Å². The average Bonchev–Trinajstić information content (AvgIpc) is 2.62. The van der Waals surface area contributed by atoms with Gasteiger partial charge in [-0.05, 0) is 49.7 Å². The molecule has 2 amide bonds. The molecule has 0 aromatic heterocycles. The predicted molar refractivity (Wildman–Crippen MR) is 99.9 cm³/mol. The normalized spacial score (nSPS) is 18.9. The average molecular weight is 348 g/mol. The molecule has 0 saturated carbocycles. The Balaban J connectivity index is 2.06. The lowest BCUT2D eigenvalue weighted by Gasteiger charge is -2.37. The summed E-state index contributed by atoms with van der Waals surface area (Å²) >= 11 is 0. The second-order valence-electron chi connectivity index (χ2n) is 7.17. The lowest BCUT2D eigenvalue weighted by atomic mass is 9.95. The number of benzene rings is 1. The molecule has 2 unspecified atom stereocenters. The Kier molecular flexibility index (Phi) is 7.56. The summed E-state index contributed by atoms with van der Waals surface area (Å²) in [4.78, 5) is 14.8. The van der Waals surface area contributed by atoms with Crippen LogP contribution < -0.4 is 10.1 Å². The molecule has 0 radical (unpaired) electrons. The van der Waals surface area contributed by atoms with Gasteiger partial charge in [-0.25, -0.2) is 4.79 Å². The number of likely N-dealkylation sites (tertiary alicyclic amines) is 1. The van der Waals surface area contributed by atoms with Gasteiger partial charge in [-0.15, -0.1) is 0 Å². The van der Waals surface area contributed by atoms with Crippen LogP contribution in [0.25, 0.3) is 0 Å². The Labute approximate surface area is 151 Å². The number of ether oxygens (including phenoxy) is 1. The van der Waals surface area contributed by atoms with Gasteiger partial charge in [-0.1, -0.05) is 32.0 Å². The number of hydrogen-bond donors (Lipinski definition) is 2. The van der Waals surface area contributed by atoms with E-state index in [2.05, 4.69) is 25.2 Å². The summed E-state index contributed by atoms with van der Waals surface area (Å²) in [5, 5.41) is 12.5. The smallest absolute Gasteiger partial charge is 0.317 e. The summed E-state index contributed by atoms with van der Waals surface area (Å²) < 4.78 is 5.45. The van der Waals surface area contributed by atoms with Crippen LogP contribution in [0.1, 0.15) is 45.1 Å². The number of nitrogens with one attached hydrogen (secondary N) is 1. The van der Waals surface area contributed by atoms with Gasteiger partial charge in [-0.3, -0.25) is 0 Å². The summed E-state index contributed by atoms with van der Waals surface area (Å²) in [7, 11) is 1.68. The number of para-hydroxylation sites is 1. The maximum absolute atomic E-state index is 12.8. The van der Waals surface area contributed by atoms with Gasteiger partial charge in [-0.2, -0.15) is 0 Å². The Bertz CT molecular complexity index is 545. The topological polar surface area (TPSA) is 61.8 Å². The fourth-order valence-electron chi connectivity index (χ4n) is 3.52. The molecular formula is C20H32N2O3. The van der Waals surface area contributed by atoms with Gasteiger partial charge >= 0.3 is 6.03 Å². The molecule has 2 N–H and O–H groups in total. The van der Waals surface area contributed by atoms with Crippen molar-refractivity contribution in [2.45, 2.75) is 58.0 Å². The third kappa shape index (κ3) is 5.36. The molecule has 2 rings (SSSR count). The minimum Gasteiger partial charge on any atom is -0.496 e. The van der Waals surface area contributed by atoms with Crippen molar-refractivity contribution in [3.8, 4) is 5.75 Å². The molecule has 1 aromatic carbocycles. The zero-order valence-electron chi connectivity index (χ0n) is 15.7. The zero-order valence-corrected chi connectivity index (χ0v) is 15.7. The van der Waals surface area contributed by atoms with E-state index in [9.17, 15) is 9.90 Å². The molecule has 140 valence electrons. The molecule has 1 aliphatic heterocycles. The molecule has 0 spiro atoms. The number of aliphatic hydroxyl groups excluding tert-OH is 1. The van der Waals surface area contributed by atoms with Crippen molar-refractivity contribution in [1.82, 2.24) is 10.2 Å². The number of carbonyl (C=O) groups is 1. The van der Waals surface area contributed by atoms with E-state index in [1.807, 2.05) is 23.1 Å². The van der Waals surface area contributed by atoms with Gasteiger partial charge in [0.15, 0.2) is 0 Å². The van der Waals surface area contributed by atoms with E-state index in [1.54, 1.807) is 7.11 Å². The highest BCUT2D eigenvalue weighted by Gasteiger charge is 2.28. The number of methoxy groups -OCH3 is 1. The first kappa shape index (κ1) is 19.6. The quantitative estimate of drug-likeness (QED) is 0.795. The van der Waals surface area contributed by atoms with E-state index in [0.717, 1.165) is 43.5 Å². The summed E-state index contributed by atoms with van der Waals surface area (Å²) in [6.07, 6.45) is 4.54. The fraction of sp³-hybridized carbons (Fsp3) is 0.650.